The third kappa shape index (κ3) is 3.24. The molecule has 0 saturated carbocycles. The van der Waals surface area contributed by atoms with Gasteiger partial charge in [0, 0.05) is 16.2 Å². The minimum atomic E-state index is 0.243. The molecule has 0 saturated heterocycles. The zero-order valence-electron chi connectivity index (χ0n) is 23.7. The Morgan fingerprint density at radius 1 is 0.750 bits per heavy atom. The third-order valence-electron chi connectivity index (χ3n) is 8.63. The fraction of sp³-hybridized carbons (Fsp3) is 0.189. The first kappa shape index (κ1) is 23.4. The topological polar surface area (TPSA) is 21.2 Å². The van der Waals surface area contributed by atoms with Crippen molar-refractivity contribution >= 4 is 59.9 Å². The fourth-order valence-corrected chi connectivity index (χ4v) is 6.98. The molecule has 0 bridgehead atoms. The number of benzene rings is 5. The first-order valence-corrected chi connectivity index (χ1v) is 14.2. The number of rotatable bonds is 2. The average molecular weight is 519 g/mol. The fourth-order valence-electron chi connectivity index (χ4n) is 6.98. The van der Waals surface area contributed by atoms with Gasteiger partial charge < -0.3 is 4.40 Å². The standard InChI is InChI=1S/C37H32N3/c1-22-28-17-23(20-37(2,3)4)11-12-26(28)19-32-33(22)36-34-30(38-21-39(36)5)15-14-27-29-18-25(24-9-7-6-8-10-24)13-16-31(29)40(32)35(27)34/h6-19,21H,20H2,1-5H3/q+1. The van der Waals surface area contributed by atoms with E-state index in [4.69, 9.17) is 4.98 Å². The molecular weight excluding hydrogens is 486 g/mol. The molecule has 0 spiro atoms. The summed E-state index contributed by atoms with van der Waals surface area (Å²) in [5.41, 5.74) is 11.5. The van der Waals surface area contributed by atoms with E-state index in [2.05, 4.69) is 129 Å². The number of pyridine rings is 1. The summed E-state index contributed by atoms with van der Waals surface area (Å²) in [5, 5.41) is 7.72. The molecule has 3 heterocycles. The largest absolute Gasteiger partial charge is 0.308 e. The Morgan fingerprint density at radius 3 is 2.38 bits per heavy atom. The van der Waals surface area contributed by atoms with Crippen molar-refractivity contribution in [3.63, 3.8) is 0 Å². The van der Waals surface area contributed by atoms with Crippen LogP contribution in [0.5, 0.6) is 0 Å². The lowest BCUT2D eigenvalue weighted by Crippen LogP contribution is -2.30. The van der Waals surface area contributed by atoms with Crippen LogP contribution >= 0.6 is 0 Å². The Balaban J connectivity index is 1.57. The van der Waals surface area contributed by atoms with Crippen LogP contribution in [0, 0.1) is 12.3 Å². The number of fused-ring (bicyclic) bond motifs is 7. The second kappa shape index (κ2) is 8.02. The second-order valence-corrected chi connectivity index (χ2v) is 12.7. The van der Waals surface area contributed by atoms with Gasteiger partial charge in [0.05, 0.1) is 29.0 Å². The lowest BCUT2D eigenvalue weighted by atomic mass is 9.86. The first-order chi connectivity index (χ1) is 19.3. The molecule has 8 rings (SSSR count). The van der Waals surface area contributed by atoms with Gasteiger partial charge in [0.25, 0.3) is 6.33 Å². The van der Waals surface area contributed by atoms with E-state index in [0.29, 0.717) is 0 Å². The van der Waals surface area contributed by atoms with Crippen molar-refractivity contribution in [2.45, 2.75) is 34.1 Å². The third-order valence-corrected chi connectivity index (χ3v) is 8.63. The maximum atomic E-state index is 4.87. The number of aromatic nitrogens is 3. The van der Waals surface area contributed by atoms with Crippen molar-refractivity contribution < 1.29 is 4.57 Å². The molecule has 3 heteroatoms. The van der Waals surface area contributed by atoms with E-state index in [1.54, 1.807) is 0 Å². The number of aryl methyl sites for hydroxylation is 2. The minimum absolute atomic E-state index is 0.243. The SMILES string of the molecule is Cc1c2cc(CC(C)(C)C)ccc2cc2c1c1c3c(ccc4c5cc(-c6ccccc6)ccc5n2c43)nc[n+]1C. The smallest absolute Gasteiger partial charge is 0.287 e. The van der Waals surface area contributed by atoms with Crippen LogP contribution in [0.2, 0.25) is 0 Å². The molecule has 40 heavy (non-hydrogen) atoms. The van der Waals surface area contributed by atoms with Crippen LogP contribution in [-0.2, 0) is 13.5 Å². The summed E-state index contributed by atoms with van der Waals surface area (Å²) in [6.07, 6.45) is 3.03. The molecule has 5 aromatic carbocycles. The van der Waals surface area contributed by atoms with Crippen molar-refractivity contribution in [3.8, 4) is 11.1 Å². The molecule has 0 fully saturated rings. The zero-order chi connectivity index (χ0) is 27.3. The predicted molar refractivity (Wildman–Crippen MR) is 168 cm³/mol. The zero-order valence-corrected chi connectivity index (χ0v) is 23.7. The molecule has 0 radical (unpaired) electrons. The van der Waals surface area contributed by atoms with E-state index < -0.39 is 0 Å². The highest BCUT2D eigenvalue weighted by Gasteiger charge is 2.25. The summed E-state index contributed by atoms with van der Waals surface area (Å²) in [5.74, 6) is 0. The number of hydrogen-bond acceptors (Lipinski definition) is 1. The highest BCUT2D eigenvalue weighted by molar-refractivity contribution is 6.28. The van der Waals surface area contributed by atoms with E-state index in [1.807, 2.05) is 6.33 Å². The van der Waals surface area contributed by atoms with Crippen molar-refractivity contribution in [1.82, 2.24) is 9.38 Å². The summed E-state index contributed by atoms with van der Waals surface area (Å²) >= 11 is 0. The van der Waals surface area contributed by atoms with E-state index in [9.17, 15) is 0 Å². The molecule has 0 aliphatic rings. The Hall–Kier alpha value is -4.50. The van der Waals surface area contributed by atoms with Crippen molar-refractivity contribution in [2.75, 3.05) is 0 Å². The van der Waals surface area contributed by atoms with E-state index >= 15 is 0 Å². The molecule has 0 aliphatic carbocycles. The van der Waals surface area contributed by atoms with Gasteiger partial charge in [0.15, 0.2) is 5.52 Å². The maximum absolute atomic E-state index is 4.87. The molecule has 8 aromatic rings. The highest BCUT2D eigenvalue weighted by atomic mass is 15.0. The van der Waals surface area contributed by atoms with Gasteiger partial charge in [-0.25, -0.2) is 4.57 Å². The molecule has 0 atom stereocenters. The Bertz CT molecular complexity index is 2280. The van der Waals surface area contributed by atoms with Crippen LogP contribution in [0.3, 0.4) is 0 Å². The van der Waals surface area contributed by atoms with Gasteiger partial charge in [-0.3, -0.25) is 0 Å². The molecule has 0 amide bonds. The normalized spacial score (nSPS) is 12.7. The van der Waals surface area contributed by atoms with Crippen LogP contribution in [0.25, 0.3) is 71.0 Å². The molecule has 0 aliphatic heterocycles. The van der Waals surface area contributed by atoms with Gasteiger partial charge in [0.2, 0.25) is 0 Å². The average Bonchev–Trinajstić information content (AvgIpc) is 3.28. The monoisotopic (exact) mass is 518 g/mol. The van der Waals surface area contributed by atoms with Crippen LogP contribution in [0.15, 0.2) is 91.3 Å². The van der Waals surface area contributed by atoms with Gasteiger partial charge in [-0.2, -0.15) is 0 Å². The number of hydrogen-bond donors (Lipinski definition) is 0. The minimum Gasteiger partial charge on any atom is -0.308 e. The van der Waals surface area contributed by atoms with Crippen LogP contribution < -0.4 is 4.57 Å². The Labute approximate surface area is 233 Å². The quantitative estimate of drug-likeness (QED) is 0.127. The van der Waals surface area contributed by atoms with Gasteiger partial charge in [-0.15, -0.1) is 0 Å². The molecule has 194 valence electrons. The molecule has 0 unspecified atom stereocenters. The Morgan fingerprint density at radius 2 is 1.57 bits per heavy atom. The molecular formula is C37H32N3+. The van der Waals surface area contributed by atoms with Gasteiger partial charge in [-0.1, -0.05) is 75.4 Å². The van der Waals surface area contributed by atoms with Crippen LogP contribution in [-0.4, -0.2) is 9.38 Å². The lowest BCUT2D eigenvalue weighted by molar-refractivity contribution is -0.646. The van der Waals surface area contributed by atoms with Crippen molar-refractivity contribution in [2.24, 2.45) is 12.5 Å². The molecule has 3 nitrogen and oxygen atoms in total. The van der Waals surface area contributed by atoms with E-state index in [-0.39, 0.29) is 5.41 Å². The molecule has 0 N–H and O–H groups in total. The summed E-state index contributed by atoms with van der Waals surface area (Å²) in [4.78, 5) is 4.87. The van der Waals surface area contributed by atoms with Crippen LogP contribution in [0.1, 0.15) is 31.9 Å². The number of nitrogens with zero attached hydrogens (tertiary/aromatic N) is 3. The first-order valence-electron chi connectivity index (χ1n) is 14.2. The van der Waals surface area contributed by atoms with Gasteiger partial charge in [-0.05, 0) is 87.1 Å². The summed E-state index contributed by atoms with van der Waals surface area (Å²) in [6, 6.07) is 31.5. The van der Waals surface area contributed by atoms with Crippen LogP contribution in [0.4, 0.5) is 0 Å². The van der Waals surface area contributed by atoms with E-state index in [0.717, 1.165) is 11.9 Å². The van der Waals surface area contributed by atoms with Gasteiger partial charge >= 0.3 is 0 Å². The van der Waals surface area contributed by atoms with Crippen molar-refractivity contribution in [1.29, 1.82) is 0 Å². The van der Waals surface area contributed by atoms with Gasteiger partial charge in [0.1, 0.15) is 5.52 Å². The predicted octanol–water partition coefficient (Wildman–Crippen LogP) is 8.93. The maximum Gasteiger partial charge on any atom is 0.287 e. The summed E-state index contributed by atoms with van der Waals surface area (Å²) in [6.45, 7) is 9.24. The highest BCUT2D eigenvalue weighted by Crippen LogP contribution is 2.43. The van der Waals surface area contributed by atoms with Crippen molar-refractivity contribution in [3.05, 3.63) is 102 Å². The summed E-state index contributed by atoms with van der Waals surface area (Å²) in [7, 11) is 2.13. The van der Waals surface area contributed by atoms with E-state index in [1.165, 1.54) is 76.6 Å². The molecule has 3 aromatic heterocycles. The second-order valence-electron chi connectivity index (χ2n) is 12.7. The summed E-state index contributed by atoms with van der Waals surface area (Å²) < 4.78 is 4.72. The Kier molecular flexibility index (Phi) is 4.69. The lowest BCUT2D eigenvalue weighted by Gasteiger charge is -2.19.